The molecule has 1 aliphatic rings. The Balaban J connectivity index is 1.70. The van der Waals surface area contributed by atoms with Gasteiger partial charge in [-0.25, -0.2) is 0 Å². The van der Waals surface area contributed by atoms with Gasteiger partial charge < -0.3 is 19.8 Å². The summed E-state index contributed by atoms with van der Waals surface area (Å²) in [6, 6.07) is 4.52. The molecule has 0 spiro atoms. The van der Waals surface area contributed by atoms with Crippen LogP contribution >= 0.6 is 0 Å². The summed E-state index contributed by atoms with van der Waals surface area (Å²) in [5, 5.41) is 7.02. The molecule has 136 valence electrons. The first-order chi connectivity index (χ1) is 11.7. The Morgan fingerprint density at radius 1 is 1.33 bits per heavy atom. The van der Waals surface area contributed by atoms with Gasteiger partial charge in [-0.2, -0.15) is 0 Å². The molecule has 2 N–H and O–H groups in total. The highest BCUT2D eigenvalue weighted by atomic mass is 16.5. The average molecular weight is 335 g/mol. The Kier molecular flexibility index (Phi) is 8.74. The molecule has 0 amide bonds. The molecular formula is C19H33N3O2. The molecule has 1 aliphatic carbocycles. The van der Waals surface area contributed by atoms with E-state index in [1.165, 1.54) is 25.7 Å². The molecule has 0 unspecified atom stereocenters. The van der Waals surface area contributed by atoms with Gasteiger partial charge in [-0.05, 0) is 51.7 Å². The first-order valence-electron chi connectivity index (χ1n) is 9.43. The van der Waals surface area contributed by atoms with Crippen LogP contribution in [-0.4, -0.2) is 37.8 Å². The standard InChI is InChI=1S/C19H33N3O2/c1-16(2)23-14-6-5-12-20-19(22-17-8-3-4-9-17)21-13-11-18-10-7-15-24-18/h7,10,15-17H,3-6,8-9,11-14H2,1-2H3,(H2,20,21,22). The lowest BCUT2D eigenvalue weighted by molar-refractivity contribution is 0.0763. The summed E-state index contributed by atoms with van der Waals surface area (Å²) in [4.78, 5) is 4.73. The van der Waals surface area contributed by atoms with Crippen molar-refractivity contribution >= 4 is 5.96 Å². The van der Waals surface area contributed by atoms with Crippen LogP contribution in [0.4, 0.5) is 0 Å². The normalized spacial score (nSPS) is 16.0. The number of aliphatic imine (C=N–C) groups is 1. The Morgan fingerprint density at radius 3 is 2.88 bits per heavy atom. The minimum absolute atomic E-state index is 0.316. The van der Waals surface area contributed by atoms with Gasteiger partial charge in [-0.15, -0.1) is 0 Å². The zero-order valence-corrected chi connectivity index (χ0v) is 15.2. The van der Waals surface area contributed by atoms with Crippen molar-refractivity contribution in [1.29, 1.82) is 0 Å². The lowest BCUT2D eigenvalue weighted by atomic mass is 10.2. The first kappa shape index (κ1) is 18.8. The van der Waals surface area contributed by atoms with Crippen molar-refractivity contribution in [3.05, 3.63) is 24.2 Å². The number of unbranched alkanes of at least 4 members (excludes halogenated alkanes) is 1. The van der Waals surface area contributed by atoms with Crippen molar-refractivity contribution in [3.63, 3.8) is 0 Å². The number of nitrogens with one attached hydrogen (secondary N) is 2. The number of rotatable bonds is 10. The molecule has 2 rings (SSSR count). The molecular weight excluding hydrogens is 302 g/mol. The van der Waals surface area contributed by atoms with E-state index in [9.17, 15) is 0 Å². The molecule has 1 heterocycles. The maximum atomic E-state index is 5.57. The van der Waals surface area contributed by atoms with Gasteiger partial charge in [0.15, 0.2) is 5.96 Å². The average Bonchev–Trinajstić information content (AvgIpc) is 3.23. The molecule has 5 nitrogen and oxygen atoms in total. The van der Waals surface area contributed by atoms with Gasteiger partial charge in [0.2, 0.25) is 0 Å². The number of furan rings is 1. The number of nitrogens with zero attached hydrogens (tertiary/aromatic N) is 1. The first-order valence-corrected chi connectivity index (χ1v) is 9.43. The van der Waals surface area contributed by atoms with Crippen molar-refractivity contribution in [2.75, 3.05) is 19.7 Å². The lowest BCUT2D eigenvalue weighted by Gasteiger charge is -2.17. The second kappa shape index (κ2) is 11.1. The van der Waals surface area contributed by atoms with E-state index < -0.39 is 0 Å². The molecule has 0 bridgehead atoms. The smallest absolute Gasteiger partial charge is 0.191 e. The van der Waals surface area contributed by atoms with Gasteiger partial charge in [0.05, 0.1) is 12.4 Å². The molecule has 0 atom stereocenters. The minimum Gasteiger partial charge on any atom is -0.469 e. The maximum absolute atomic E-state index is 5.57. The molecule has 0 saturated heterocycles. The van der Waals surface area contributed by atoms with Crippen LogP contribution in [-0.2, 0) is 11.2 Å². The highest BCUT2D eigenvalue weighted by molar-refractivity contribution is 5.80. The van der Waals surface area contributed by atoms with Crippen LogP contribution in [0.5, 0.6) is 0 Å². The van der Waals surface area contributed by atoms with Crippen LogP contribution in [0, 0.1) is 0 Å². The Bertz CT molecular complexity index is 451. The molecule has 1 fully saturated rings. The van der Waals surface area contributed by atoms with Crippen molar-refractivity contribution in [1.82, 2.24) is 10.6 Å². The third kappa shape index (κ3) is 7.86. The Morgan fingerprint density at radius 2 is 2.17 bits per heavy atom. The van der Waals surface area contributed by atoms with Crippen LogP contribution in [0.25, 0.3) is 0 Å². The Labute approximate surface area is 146 Å². The number of guanidine groups is 1. The van der Waals surface area contributed by atoms with Crippen LogP contribution in [0.1, 0.15) is 58.1 Å². The number of hydrogen-bond donors (Lipinski definition) is 2. The molecule has 5 heteroatoms. The third-order valence-corrected chi connectivity index (χ3v) is 4.21. The highest BCUT2D eigenvalue weighted by Crippen LogP contribution is 2.17. The second-order valence-electron chi connectivity index (χ2n) is 6.74. The van der Waals surface area contributed by atoms with E-state index >= 15 is 0 Å². The minimum atomic E-state index is 0.316. The summed E-state index contributed by atoms with van der Waals surface area (Å²) in [7, 11) is 0. The summed E-state index contributed by atoms with van der Waals surface area (Å²) >= 11 is 0. The fraction of sp³-hybridized carbons (Fsp3) is 0.737. The van der Waals surface area contributed by atoms with E-state index in [0.29, 0.717) is 12.1 Å². The molecule has 0 aromatic carbocycles. The zero-order chi connectivity index (χ0) is 17.0. The van der Waals surface area contributed by atoms with Crippen molar-refractivity contribution in [3.8, 4) is 0 Å². The van der Waals surface area contributed by atoms with E-state index in [2.05, 4.69) is 24.5 Å². The molecule has 1 saturated carbocycles. The van der Waals surface area contributed by atoms with E-state index in [4.69, 9.17) is 14.1 Å². The van der Waals surface area contributed by atoms with Crippen LogP contribution in [0.2, 0.25) is 0 Å². The van der Waals surface area contributed by atoms with Gasteiger partial charge in [-0.3, -0.25) is 4.99 Å². The molecule has 0 aliphatic heterocycles. The van der Waals surface area contributed by atoms with Crippen molar-refractivity contribution in [2.45, 2.75) is 70.9 Å². The zero-order valence-electron chi connectivity index (χ0n) is 15.2. The quantitative estimate of drug-likeness (QED) is 0.390. The monoisotopic (exact) mass is 335 g/mol. The lowest BCUT2D eigenvalue weighted by Crippen LogP contribution is -2.43. The van der Waals surface area contributed by atoms with Crippen LogP contribution in [0.15, 0.2) is 27.8 Å². The topological polar surface area (TPSA) is 58.8 Å². The van der Waals surface area contributed by atoms with E-state index in [0.717, 1.165) is 50.7 Å². The summed E-state index contributed by atoms with van der Waals surface area (Å²) < 4.78 is 11.0. The summed E-state index contributed by atoms with van der Waals surface area (Å²) in [5.74, 6) is 1.95. The Hall–Kier alpha value is -1.49. The number of hydrogen-bond acceptors (Lipinski definition) is 3. The molecule has 24 heavy (non-hydrogen) atoms. The van der Waals surface area contributed by atoms with Gasteiger partial charge in [0.1, 0.15) is 5.76 Å². The summed E-state index contributed by atoms with van der Waals surface area (Å²) in [5.41, 5.74) is 0. The van der Waals surface area contributed by atoms with Crippen molar-refractivity contribution < 1.29 is 9.15 Å². The SMILES string of the molecule is CC(C)OCCCCN=C(NCCc1ccco1)NC1CCCC1. The van der Waals surface area contributed by atoms with Gasteiger partial charge in [0.25, 0.3) is 0 Å². The summed E-state index contributed by atoms with van der Waals surface area (Å²) in [6.07, 6.45) is 10.2. The molecule has 0 radical (unpaired) electrons. The number of ether oxygens (including phenoxy) is 1. The summed E-state index contributed by atoms with van der Waals surface area (Å²) in [6.45, 7) is 6.65. The second-order valence-corrected chi connectivity index (χ2v) is 6.74. The van der Waals surface area contributed by atoms with Crippen LogP contribution < -0.4 is 10.6 Å². The fourth-order valence-electron chi connectivity index (χ4n) is 2.90. The van der Waals surface area contributed by atoms with E-state index in [1.54, 1.807) is 6.26 Å². The van der Waals surface area contributed by atoms with Crippen LogP contribution in [0.3, 0.4) is 0 Å². The predicted molar refractivity (Wildman–Crippen MR) is 98.4 cm³/mol. The van der Waals surface area contributed by atoms with E-state index in [1.807, 2.05) is 12.1 Å². The fourth-order valence-corrected chi connectivity index (χ4v) is 2.90. The largest absolute Gasteiger partial charge is 0.469 e. The molecule has 1 aromatic rings. The van der Waals surface area contributed by atoms with Gasteiger partial charge >= 0.3 is 0 Å². The third-order valence-electron chi connectivity index (χ3n) is 4.21. The van der Waals surface area contributed by atoms with Gasteiger partial charge in [0, 0.05) is 32.2 Å². The maximum Gasteiger partial charge on any atom is 0.191 e. The highest BCUT2D eigenvalue weighted by Gasteiger charge is 2.15. The predicted octanol–water partition coefficient (Wildman–Crippen LogP) is 3.51. The van der Waals surface area contributed by atoms with E-state index in [-0.39, 0.29) is 0 Å². The van der Waals surface area contributed by atoms with Crippen molar-refractivity contribution in [2.24, 2.45) is 4.99 Å². The molecule has 1 aromatic heterocycles. The van der Waals surface area contributed by atoms with Gasteiger partial charge in [-0.1, -0.05) is 12.8 Å².